The van der Waals surface area contributed by atoms with E-state index in [2.05, 4.69) is 13.0 Å². The highest BCUT2D eigenvalue weighted by Crippen LogP contribution is 2.33. The van der Waals surface area contributed by atoms with Crippen LogP contribution < -0.4 is 4.74 Å². The molecule has 1 heterocycles. The van der Waals surface area contributed by atoms with Crippen LogP contribution in [0, 0.1) is 0 Å². The molecule has 0 spiro atoms. The van der Waals surface area contributed by atoms with E-state index >= 15 is 0 Å². The van der Waals surface area contributed by atoms with Gasteiger partial charge in [-0.25, -0.2) is 0 Å². The number of fused-ring (bicyclic) bond motifs is 1. The average Bonchev–Trinajstić information content (AvgIpc) is 2.35. The maximum atomic E-state index is 10.1. The Hall–Kier alpha value is -0.670. The SMILES string of the molecule is CCSCC(O)c1cccc2c1OCCC2. The molecule has 0 aliphatic carbocycles. The Kier molecular flexibility index (Phi) is 4.13. The van der Waals surface area contributed by atoms with Crippen LogP contribution in [-0.2, 0) is 6.42 Å². The molecule has 0 aromatic heterocycles. The Morgan fingerprint density at radius 3 is 3.19 bits per heavy atom. The van der Waals surface area contributed by atoms with Crippen LogP contribution in [0.3, 0.4) is 0 Å². The third-order valence-electron chi connectivity index (χ3n) is 2.80. The maximum absolute atomic E-state index is 10.1. The average molecular weight is 238 g/mol. The number of aryl methyl sites for hydroxylation is 1. The molecule has 2 nitrogen and oxygen atoms in total. The lowest BCUT2D eigenvalue weighted by molar-refractivity contribution is 0.192. The van der Waals surface area contributed by atoms with Crippen LogP contribution in [0.15, 0.2) is 18.2 Å². The first kappa shape index (κ1) is 11.8. The van der Waals surface area contributed by atoms with Gasteiger partial charge in [0, 0.05) is 11.3 Å². The minimum atomic E-state index is -0.405. The summed E-state index contributed by atoms with van der Waals surface area (Å²) < 4.78 is 5.69. The monoisotopic (exact) mass is 238 g/mol. The highest BCUT2D eigenvalue weighted by molar-refractivity contribution is 7.99. The van der Waals surface area contributed by atoms with Gasteiger partial charge in [0.2, 0.25) is 0 Å². The van der Waals surface area contributed by atoms with E-state index in [1.54, 1.807) is 11.8 Å². The number of aliphatic hydroxyl groups excluding tert-OH is 1. The molecule has 1 aromatic carbocycles. The molecule has 16 heavy (non-hydrogen) atoms. The molecule has 1 unspecified atom stereocenters. The van der Waals surface area contributed by atoms with Crippen molar-refractivity contribution in [3.05, 3.63) is 29.3 Å². The van der Waals surface area contributed by atoms with Crippen LogP contribution in [-0.4, -0.2) is 23.2 Å². The van der Waals surface area contributed by atoms with Gasteiger partial charge in [-0.2, -0.15) is 11.8 Å². The number of benzene rings is 1. The highest BCUT2D eigenvalue weighted by Gasteiger charge is 2.18. The van der Waals surface area contributed by atoms with Crippen molar-refractivity contribution in [3.8, 4) is 5.75 Å². The second-order valence-corrected chi connectivity index (χ2v) is 5.28. The molecule has 0 saturated heterocycles. The van der Waals surface area contributed by atoms with Crippen molar-refractivity contribution in [1.82, 2.24) is 0 Å². The minimum Gasteiger partial charge on any atom is -0.493 e. The molecule has 0 radical (unpaired) electrons. The van der Waals surface area contributed by atoms with Crippen LogP contribution in [0.4, 0.5) is 0 Å². The molecular weight excluding hydrogens is 220 g/mol. The molecule has 0 amide bonds. The molecule has 3 heteroatoms. The van der Waals surface area contributed by atoms with Gasteiger partial charge in [-0.1, -0.05) is 25.1 Å². The number of thioether (sulfide) groups is 1. The lowest BCUT2D eigenvalue weighted by atomic mass is 10.00. The highest BCUT2D eigenvalue weighted by atomic mass is 32.2. The molecule has 1 N–H and O–H groups in total. The number of para-hydroxylation sites is 1. The Morgan fingerprint density at radius 2 is 2.38 bits per heavy atom. The maximum Gasteiger partial charge on any atom is 0.128 e. The number of aliphatic hydroxyl groups is 1. The lowest BCUT2D eigenvalue weighted by Crippen LogP contribution is -2.13. The van der Waals surface area contributed by atoms with E-state index in [1.165, 1.54) is 5.56 Å². The Balaban J connectivity index is 2.19. The molecule has 2 rings (SSSR count). The first-order valence-corrected chi connectivity index (χ1v) is 6.98. The topological polar surface area (TPSA) is 29.5 Å². The van der Waals surface area contributed by atoms with Gasteiger partial charge in [-0.15, -0.1) is 0 Å². The van der Waals surface area contributed by atoms with Crippen molar-refractivity contribution in [2.75, 3.05) is 18.1 Å². The van der Waals surface area contributed by atoms with Crippen molar-refractivity contribution in [3.63, 3.8) is 0 Å². The van der Waals surface area contributed by atoms with Crippen LogP contribution in [0.5, 0.6) is 5.75 Å². The van der Waals surface area contributed by atoms with Gasteiger partial charge in [0.1, 0.15) is 5.75 Å². The largest absolute Gasteiger partial charge is 0.493 e. The summed E-state index contributed by atoms with van der Waals surface area (Å²) >= 11 is 1.76. The van der Waals surface area contributed by atoms with Crippen LogP contribution >= 0.6 is 11.8 Å². The molecule has 1 aliphatic rings. The first-order valence-electron chi connectivity index (χ1n) is 5.83. The second-order valence-electron chi connectivity index (χ2n) is 3.96. The zero-order chi connectivity index (χ0) is 11.4. The molecule has 0 fully saturated rings. The summed E-state index contributed by atoms with van der Waals surface area (Å²) in [6, 6.07) is 6.09. The fourth-order valence-corrected chi connectivity index (χ4v) is 2.63. The summed E-state index contributed by atoms with van der Waals surface area (Å²) in [6.07, 6.45) is 1.74. The minimum absolute atomic E-state index is 0.405. The summed E-state index contributed by atoms with van der Waals surface area (Å²) in [5.41, 5.74) is 2.20. The van der Waals surface area contributed by atoms with Crippen LogP contribution in [0.2, 0.25) is 0 Å². The van der Waals surface area contributed by atoms with Crippen molar-refractivity contribution < 1.29 is 9.84 Å². The lowest BCUT2D eigenvalue weighted by Gasteiger charge is -2.22. The quantitative estimate of drug-likeness (QED) is 0.874. The number of hydrogen-bond donors (Lipinski definition) is 1. The van der Waals surface area contributed by atoms with Crippen molar-refractivity contribution in [1.29, 1.82) is 0 Å². The fraction of sp³-hybridized carbons (Fsp3) is 0.538. The Morgan fingerprint density at radius 1 is 1.50 bits per heavy atom. The van der Waals surface area contributed by atoms with E-state index in [4.69, 9.17) is 4.74 Å². The Labute approximate surface area is 101 Å². The normalized spacial score (nSPS) is 16.4. The van der Waals surface area contributed by atoms with Gasteiger partial charge in [-0.05, 0) is 24.2 Å². The smallest absolute Gasteiger partial charge is 0.128 e. The molecule has 1 aliphatic heterocycles. The zero-order valence-corrected chi connectivity index (χ0v) is 10.4. The van der Waals surface area contributed by atoms with Gasteiger partial charge < -0.3 is 9.84 Å². The van der Waals surface area contributed by atoms with E-state index < -0.39 is 6.10 Å². The Bertz CT molecular complexity index is 352. The third-order valence-corrected chi connectivity index (χ3v) is 3.76. The molecule has 0 bridgehead atoms. The van der Waals surface area contributed by atoms with E-state index in [9.17, 15) is 5.11 Å². The second kappa shape index (κ2) is 5.60. The van der Waals surface area contributed by atoms with Gasteiger partial charge in [-0.3, -0.25) is 0 Å². The number of hydrogen-bond acceptors (Lipinski definition) is 3. The first-order chi connectivity index (χ1) is 7.83. The van der Waals surface area contributed by atoms with E-state index in [0.717, 1.165) is 42.3 Å². The van der Waals surface area contributed by atoms with Gasteiger partial charge in [0.25, 0.3) is 0 Å². The van der Waals surface area contributed by atoms with Gasteiger partial charge >= 0.3 is 0 Å². The summed E-state index contributed by atoms with van der Waals surface area (Å²) in [5, 5.41) is 10.1. The van der Waals surface area contributed by atoms with Crippen molar-refractivity contribution in [2.24, 2.45) is 0 Å². The molecule has 1 aromatic rings. The van der Waals surface area contributed by atoms with E-state index in [0.29, 0.717) is 0 Å². The predicted octanol–water partition coefficient (Wildman–Crippen LogP) is 2.80. The molecule has 0 saturated carbocycles. The zero-order valence-electron chi connectivity index (χ0n) is 9.61. The fourth-order valence-electron chi connectivity index (χ4n) is 2.00. The summed E-state index contributed by atoms with van der Waals surface area (Å²) in [4.78, 5) is 0. The number of ether oxygens (including phenoxy) is 1. The molecular formula is C13H18O2S. The van der Waals surface area contributed by atoms with Crippen LogP contribution in [0.1, 0.15) is 30.6 Å². The van der Waals surface area contributed by atoms with Gasteiger partial charge in [0.05, 0.1) is 12.7 Å². The standard InChI is InChI=1S/C13H18O2S/c1-2-16-9-12(14)11-7-3-5-10-6-4-8-15-13(10)11/h3,5,7,12,14H,2,4,6,8-9H2,1H3. The summed E-state index contributed by atoms with van der Waals surface area (Å²) in [7, 11) is 0. The molecule has 88 valence electrons. The van der Waals surface area contributed by atoms with E-state index in [1.807, 2.05) is 12.1 Å². The van der Waals surface area contributed by atoms with Gasteiger partial charge in [0.15, 0.2) is 0 Å². The van der Waals surface area contributed by atoms with Crippen LogP contribution in [0.25, 0.3) is 0 Å². The molecule has 1 atom stereocenters. The van der Waals surface area contributed by atoms with Crippen molar-refractivity contribution in [2.45, 2.75) is 25.9 Å². The van der Waals surface area contributed by atoms with E-state index in [-0.39, 0.29) is 0 Å². The third kappa shape index (κ3) is 2.53. The summed E-state index contributed by atoms with van der Waals surface area (Å²) in [5.74, 6) is 2.71. The number of rotatable bonds is 4. The predicted molar refractivity (Wildman–Crippen MR) is 68.2 cm³/mol. The van der Waals surface area contributed by atoms with Crippen molar-refractivity contribution >= 4 is 11.8 Å². The summed E-state index contributed by atoms with van der Waals surface area (Å²) in [6.45, 7) is 2.88.